The molecule has 1 aromatic heterocycles. The summed E-state index contributed by atoms with van der Waals surface area (Å²) in [7, 11) is -3.17. The Kier molecular flexibility index (Phi) is 4.25. The fourth-order valence-corrected chi connectivity index (χ4v) is 1.76. The molecule has 9 heteroatoms. The number of aromatic nitrogens is 1. The lowest BCUT2D eigenvalue weighted by Gasteiger charge is -2.25. The van der Waals surface area contributed by atoms with Crippen LogP contribution in [0.1, 0.15) is 20.8 Å². The normalized spacial score (nSPS) is 12.1. The lowest BCUT2D eigenvalue weighted by molar-refractivity contribution is 0.0549. The predicted octanol–water partition coefficient (Wildman–Crippen LogP) is 0.598. The molecule has 8 nitrogen and oxygen atoms in total. The van der Waals surface area contributed by atoms with Gasteiger partial charge in [0.25, 0.3) is 15.7 Å². The minimum Gasteiger partial charge on any atom is -0.442 e. The summed E-state index contributed by atoms with van der Waals surface area (Å²) in [5, 5.41) is 0.890. The van der Waals surface area contributed by atoms with Crippen LogP contribution in [-0.2, 0) is 14.9 Å². The molecule has 0 radical (unpaired) electrons. The Morgan fingerprint density at radius 3 is 2.35 bits per heavy atom. The lowest BCUT2D eigenvalue weighted by atomic mass is 10.2. The van der Waals surface area contributed by atoms with Crippen LogP contribution in [-0.4, -0.2) is 36.4 Å². The Labute approximate surface area is 116 Å². The largest absolute Gasteiger partial charge is 0.442 e. The van der Waals surface area contributed by atoms with Crippen molar-refractivity contribution < 1.29 is 22.5 Å². The molecule has 1 N–H and O–H groups in total. The van der Waals surface area contributed by atoms with Gasteiger partial charge in [0.15, 0.2) is 0 Å². The van der Waals surface area contributed by atoms with Crippen molar-refractivity contribution in [3.8, 4) is 0 Å². The minimum atomic E-state index is -4.46. The number of pyridine rings is 1. The van der Waals surface area contributed by atoms with Crippen LogP contribution >= 0.6 is 0 Å². The molecule has 0 fully saturated rings. The molecule has 1 amide bonds. The van der Waals surface area contributed by atoms with Crippen LogP contribution in [0, 0.1) is 0 Å². The number of carbonyl (C=O) groups is 1. The molecule has 1 heterocycles. The van der Waals surface area contributed by atoms with Gasteiger partial charge in [0.05, 0.1) is 0 Å². The number of carbonyl (C=O) groups excluding carboxylic acids is 1. The predicted molar refractivity (Wildman–Crippen MR) is 70.9 cm³/mol. The molecule has 0 atom stereocenters. The van der Waals surface area contributed by atoms with Gasteiger partial charge in [-0.05, 0) is 26.8 Å². The van der Waals surface area contributed by atoms with Gasteiger partial charge in [-0.15, -0.1) is 0 Å². The zero-order chi connectivity index (χ0) is 15.7. The second kappa shape index (κ2) is 5.25. The molecule has 112 valence electrons. The fourth-order valence-electron chi connectivity index (χ4n) is 1.28. The van der Waals surface area contributed by atoms with E-state index in [1.165, 1.54) is 7.05 Å². The van der Waals surface area contributed by atoms with Crippen molar-refractivity contribution in [2.75, 3.05) is 12.1 Å². The van der Waals surface area contributed by atoms with E-state index in [4.69, 9.17) is 9.29 Å². The maximum absolute atomic E-state index is 11.8. The number of nitrogens with zero attached hydrogens (tertiary/aromatic N) is 2. The molecular weight excluding hydrogens is 288 g/mol. The van der Waals surface area contributed by atoms with Gasteiger partial charge in [0.2, 0.25) is 0 Å². The summed E-state index contributed by atoms with van der Waals surface area (Å²) in [6.07, 6.45) is 0.272. The molecule has 0 bridgehead atoms. The van der Waals surface area contributed by atoms with Crippen molar-refractivity contribution in [2.45, 2.75) is 31.3 Å². The van der Waals surface area contributed by atoms with Crippen LogP contribution in [0.15, 0.2) is 28.0 Å². The molecule has 0 aliphatic rings. The van der Waals surface area contributed by atoms with E-state index in [1.54, 1.807) is 20.8 Å². The minimum absolute atomic E-state index is 0.545. The maximum atomic E-state index is 11.8. The first-order valence-corrected chi connectivity index (χ1v) is 7.03. The van der Waals surface area contributed by atoms with E-state index in [9.17, 15) is 18.0 Å². The van der Waals surface area contributed by atoms with Crippen molar-refractivity contribution in [3.05, 3.63) is 28.7 Å². The third kappa shape index (κ3) is 4.07. The highest BCUT2D eigenvalue weighted by Gasteiger charge is 2.21. The van der Waals surface area contributed by atoms with Crippen LogP contribution in [0.4, 0.5) is 4.79 Å². The standard InChI is InChI=1S/C11H16N2O6S/c1-11(2,3)19-10(15)12(4)13-6-5-8(7-9(13)14)20(16,17)18/h5-7H,1-4H3,(H,16,17,18). The highest BCUT2D eigenvalue weighted by Crippen LogP contribution is 2.09. The number of amides is 1. The Morgan fingerprint density at radius 2 is 1.95 bits per heavy atom. The van der Waals surface area contributed by atoms with Crippen molar-refractivity contribution in [1.29, 1.82) is 0 Å². The zero-order valence-electron chi connectivity index (χ0n) is 11.5. The second-order valence-corrected chi connectivity index (χ2v) is 6.45. The van der Waals surface area contributed by atoms with E-state index in [2.05, 4.69) is 0 Å². The van der Waals surface area contributed by atoms with Gasteiger partial charge in [0, 0.05) is 19.3 Å². The monoisotopic (exact) mass is 304 g/mol. The Bertz CT molecular complexity index is 671. The highest BCUT2D eigenvalue weighted by atomic mass is 32.2. The average molecular weight is 304 g/mol. The number of rotatable bonds is 2. The number of hydrogen-bond donors (Lipinski definition) is 1. The molecule has 0 unspecified atom stereocenters. The SMILES string of the molecule is CN(C(=O)OC(C)(C)C)n1ccc(S(=O)(=O)O)cc1=O. The van der Waals surface area contributed by atoms with E-state index >= 15 is 0 Å². The van der Waals surface area contributed by atoms with E-state index in [-0.39, 0.29) is 0 Å². The smallest absolute Gasteiger partial charge is 0.429 e. The summed E-state index contributed by atoms with van der Waals surface area (Å²) >= 11 is 0. The van der Waals surface area contributed by atoms with Crippen LogP contribution in [0.2, 0.25) is 0 Å². The van der Waals surface area contributed by atoms with Gasteiger partial charge in [-0.2, -0.15) is 8.42 Å². The van der Waals surface area contributed by atoms with Gasteiger partial charge in [-0.25, -0.2) is 14.5 Å². The highest BCUT2D eigenvalue weighted by molar-refractivity contribution is 7.85. The molecule has 20 heavy (non-hydrogen) atoms. The molecule has 0 spiro atoms. The molecular formula is C11H16N2O6S. The van der Waals surface area contributed by atoms with Crippen LogP contribution in [0.5, 0.6) is 0 Å². The molecule has 0 aliphatic heterocycles. The molecule has 1 aromatic rings. The van der Waals surface area contributed by atoms with Crippen LogP contribution in [0.25, 0.3) is 0 Å². The quantitative estimate of drug-likeness (QED) is 0.802. The van der Waals surface area contributed by atoms with Gasteiger partial charge >= 0.3 is 6.09 Å². The Hall–Kier alpha value is -1.87. The molecule has 0 aromatic carbocycles. The van der Waals surface area contributed by atoms with E-state index in [0.29, 0.717) is 6.07 Å². The van der Waals surface area contributed by atoms with E-state index in [1.807, 2.05) is 0 Å². The molecule has 0 saturated carbocycles. The van der Waals surface area contributed by atoms with Gasteiger partial charge < -0.3 is 4.74 Å². The van der Waals surface area contributed by atoms with Crippen molar-refractivity contribution >= 4 is 16.2 Å². The fraction of sp³-hybridized carbons (Fsp3) is 0.455. The topological polar surface area (TPSA) is 106 Å². The Morgan fingerprint density at radius 1 is 1.40 bits per heavy atom. The Balaban J connectivity index is 3.10. The van der Waals surface area contributed by atoms with E-state index < -0.39 is 32.3 Å². The summed E-state index contributed by atoms with van der Waals surface area (Å²) in [6.45, 7) is 5.01. The average Bonchev–Trinajstić information content (AvgIpc) is 2.24. The van der Waals surface area contributed by atoms with Crippen molar-refractivity contribution in [3.63, 3.8) is 0 Å². The van der Waals surface area contributed by atoms with E-state index in [0.717, 1.165) is 21.9 Å². The van der Waals surface area contributed by atoms with Crippen molar-refractivity contribution in [2.24, 2.45) is 0 Å². The van der Waals surface area contributed by atoms with Gasteiger partial charge in [-0.3, -0.25) is 9.35 Å². The summed E-state index contributed by atoms with van der Waals surface area (Å²) in [6, 6.07) is 1.70. The second-order valence-electron chi connectivity index (χ2n) is 5.02. The summed E-state index contributed by atoms with van der Waals surface area (Å²) in [4.78, 5) is 23.0. The maximum Gasteiger partial charge on any atom is 0.429 e. The van der Waals surface area contributed by atoms with Crippen LogP contribution < -0.4 is 10.6 Å². The zero-order valence-corrected chi connectivity index (χ0v) is 12.3. The van der Waals surface area contributed by atoms with Crippen molar-refractivity contribution in [1.82, 2.24) is 4.68 Å². The van der Waals surface area contributed by atoms with Crippen LogP contribution in [0.3, 0.4) is 0 Å². The molecule has 1 rings (SSSR count). The van der Waals surface area contributed by atoms with Gasteiger partial charge in [-0.1, -0.05) is 0 Å². The lowest BCUT2D eigenvalue weighted by Crippen LogP contribution is -2.45. The first-order chi connectivity index (χ1) is 8.92. The molecule has 0 aliphatic carbocycles. The summed E-state index contributed by atoms with van der Waals surface area (Å²) in [5.74, 6) is 0. The first kappa shape index (κ1) is 16.2. The van der Waals surface area contributed by atoms with Gasteiger partial charge in [0.1, 0.15) is 10.5 Å². The molecule has 0 saturated heterocycles. The first-order valence-electron chi connectivity index (χ1n) is 5.59. The summed E-state index contributed by atoms with van der Waals surface area (Å²) in [5.41, 5.74) is -1.53. The number of hydrogen-bond acceptors (Lipinski definition) is 5. The third-order valence-electron chi connectivity index (χ3n) is 2.15. The third-order valence-corrected chi connectivity index (χ3v) is 3.00. The summed E-state index contributed by atoms with van der Waals surface area (Å²) < 4.78 is 36.5. The number of ether oxygens (including phenoxy) is 1.